The molecule has 0 heterocycles. The van der Waals surface area contributed by atoms with Crippen molar-refractivity contribution in [3.63, 3.8) is 0 Å². The highest BCUT2D eigenvalue weighted by atomic mass is 28.5. The van der Waals surface area contributed by atoms with Crippen molar-refractivity contribution in [3.8, 4) is 0 Å². The molecule has 0 aliphatic rings. The monoisotopic (exact) mass is 1040 g/mol. The normalized spacial score (nSPS) is 15.3. The quantitative estimate of drug-likeness (QED) is 0.0769. The van der Waals surface area contributed by atoms with Gasteiger partial charge in [-0.05, 0) is 170 Å². The molecule has 2 atom stereocenters. The Morgan fingerprint density at radius 1 is 0.460 bits per heavy atom. The second kappa shape index (κ2) is 29.2. The summed E-state index contributed by atoms with van der Waals surface area (Å²) in [7, 11) is -17.9. The van der Waals surface area contributed by atoms with Gasteiger partial charge in [-0.1, -0.05) is 55.5 Å². The van der Waals surface area contributed by atoms with Crippen LogP contribution in [0.3, 0.4) is 0 Å². The lowest BCUT2D eigenvalue weighted by Crippen LogP contribution is -2.59. The third-order valence-corrected chi connectivity index (χ3v) is 41.3. The van der Waals surface area contributed by atoms with E-state index in [4.69, 9.17) is 51.9 Å². The second-order valence-electron chi connectivity index (χ2n) is 21.5. The summed E-state index contributed by atoms with van der Waals surface area (Å²) in [5, 5.41) is 0.323. The molecule has 0 spiro atoms. The highest BCUT2D eigenvalue weighted by Crippen LogP contribution is 2.41. The molecule has 0 radical (unpaired) electrons. The topological polar surface area (TPSA) is 111 Å². The largest absolute Gasteiger partial charge is 0.528 e. The Morgan fingerprint density at radius 3 is 1.08 bits per heavy atom. The lowest BCUT2D eigenvalue weighted by Gasteiger charge is -2.46. The highest BCUT2D eigenvalue weighted by Gasteiger charge is 2.52. The zero-order chi connectivity index (χ0) is 49.9. The fourth-order valence-corrected chi connectivity index (χ4v) is 35.9. The molecule has 20 heteroatoms. The lowest BCUT2D eigenvalue weighted by molar-refractivity contribution is 0.0708. The van der Waals surface area contributed by atoms with Gasteiger partial charge in [-0.15, -0.1) is 0 Å². The molecule has 12 nitrogen and oxygen atoms in total. The lowest BCUT2D eigenvalue weighted by atomic mass is 10.2. The van der Waals surface area contributed by atoms with E-state index in [0.29, 0.717) is 45.7 Å². The van der Waals surface area contributed by atoms with Gasteiger partial charge in [0.2, 0.25) is 0 Å². The predicted molar refractivity (Wildman–Crippen MR) is 288 cm³/mol. The van der Waals surface area contributed by atoms with Crippen LogP contribution in [0.4, 0.5) is 0 Å². The van der Waals surface area contributed by atoms with E-state index in [1.807, 2.05) is 41.5 Å². The van der Waals surface area contributed by atoms with Crippen LogP contribution in [0.5, 0.6) is 0 Å². The standard InChI is InChI=1S/C21H52O6Si4.C13H34O3Si3.C8H18O3Si.CH4/c1-15-22-31(23-16-2,24-17-3)19-18-30(14,26-28(10,11)21(7,8)9)27-29(12,13)25-20(4,5)6;1-12(2,3)14-19(10,11)16-17(7)15-18(8,9)13(4,5)6;1-5-9-12(8-4,10-6-2)11-7-3;/h15-19H2,1-14H3;17H,1-11H3;8H,4-7H2,1-3H3;1H4. The molecule has 0 N–H and O–H groups in total. The third kappa shape index (κ3) is 31.0. The van der Waals surface area contributed by atoms with Crippen molar-refractivity contribution in [2.24, 2.45) is 0 Å². The van der Waals surface area contributed by atoms with Crippen LogP contribution < -0.4 is 0 Å². The van der Waals surface area contributed by atoms with E-state index in [2.05, 4.69) is 155 Å². The molecule has 0 bridgehead atoms. The van der Waals surface area contributed by atoms with Crippen LogP contribution >= 0.6 is 0 Å². The summed E-state index contributed by atoms with van der Waals surface area (Å²) in [4.78, 5) is 0. The van der Waals surface area contributed by atoms with Gasteiger partial charge in [0.1, 0.15) is 0 Å². The van der Waals surface area contributed by atoms with Crippen molar-refractivity contribution in [2.45, 2.75) is 231 Å². The van der Waals surface area contributed by atoms with Gasteiger partial charge in [-0.3, -0.25) is 0 Å². The van der Waals surface area contributed by atoms with E-state index < -0.39 is 69.2 Å². The average molecular weight is 1040 g/mol. The first-order valence-corrected chi connectivity index (χ1v) is 43.0. The first-order chi connectivity index (χ1) is 27.6. The molecule has 0 saturated heterocycles. The first kappa shape index (κ1) is 70.6. The van der Waals surface area contributed by atoms with Crippen molar-refractivity contribution < 1.29 is 51.9 Å². The zero-order valence-electron chi connectivity index (χ0n) is 45.9. The molecule has 2 unspecified atom stereocenters. The Balaban J connectivity index is -0.000000461. The van der Waals surface area contributed by atoms with Crippen LogP contribution in [0.1, 0.15) is 132 Å². The Morgan fingerprint density at radius 2 is 0.794 bits per heavy atom. The Bertz CT molecular complexity index is 1180. The molecular formula is C43H108O12Si8. The van der Waals surface area contributed by atoms with E-state index in [1.165, 1.54) is 0 Å². The molecule has 0 aromatic carbocycles. The van der Waals surface area contributed by atoms with E-state index >= 15 is 0 Å². The summed E-state index contributed by atoms with van der Waals surface area (Å²) in [6.07, 6.45) is 0. The summed E-state index contributed by atoms with van der Waals surface area (Å²) < 4.78 is 73.6. The number of rotatable bonds is 26. The van der Waals surface area contributed by atoms with E-state index in [1.54, 1.807) is 5.70 Å². The van der Waals surface area contributed by atoms with Gasteiger partial charge in [-0.2, -0.15) is 0 Å². The van der Waals surface area contributed by atoms with Crippen LogP contribution in [-0.2, 0) is 51.9 Å². The molecule has 0 aliphatic heterocycles. The maximum absolute atomic E-state index is 7.04. The van der Waals surface area contributed by atoms with Crippen molar-refractivity contribution in [1.82, 2.24) is 0 Å². The Labute approximate surface area is 401 Å². The SMILES string of the molecule is C.C=C[Si](OCC)(OCC)OCC.CCO[Si](CC[Si](C)(O[Si](C)(C)OC(C)(C)C)O[Si](C)(C)C(C)(C)C)(OCC)OCC.C[SiH](O[Si](C)(C)OC(C)(C)C)O[Si](C)(C)C(C)(C)C. The van der Waals surface area contributed by atoms with Gasteiger partial charge in [0.25, 0.3) is 9.28 Å². The summed E-state index contributed by atoms with van der Waals surface area (Å²) in [6.45, 7) is 66.9. The van der Waals surface area contributed by atoms with Crippen LogP contribution in [-0.4, -0.2) is 120 Å². The van der Waals surface area contributed by atoms with Gasteiger partial charge in [0, 0.05) is 45.7 Å². The van der Waals surface area contributed by atoms with Gasteiger partial charge < -0.3 is 51.9 Å². The minimum atomic E-state index is -2.78. The number of hydrogen-bond acceptors (Lipinski definition) is 12. The number of hydrogen-bond donors (Lipinski definition) is 0. The van der Waals surface area contributed by atoms with E-state index in [0.717, 1.165) is 6.04 Å². The zero-order valence-corrected chi connectivity index (χ0v) is 54.1. The van der Waals surface area contributed by atoms with Crippen LogP contribution in [0.15, 0.2) is 12.3 Å². The molecular weight excluding hydrogens is 933 g/mol. The van der Waals surface area contributed by atoms with E-state index in [9.17, 15) is 0 Å². The van der Waals surface area contributed by atoms with E-state index in [-0.39, 0.29) is 28.7 Å². The molecule has 0 aromatic heterocycles. The molecule has 0 fully saturated rings. The van der Waals surface area contributed by atoms with Gasteiger partial charge in [0.15, 0.2) is 16.6 Å². The summed E-state index contributed by atoms with van der Waals surface area (Å²) >= 11 is 0. The second-order valence-corrected chi connectivity index (χ2v) is 49.2. The molecule has 384 valence electrons. The summed E-state index contributed by atoms with van der Waals surface area (Å²) in [5.41, 5.74) is 1.26. The average Bonchev–Trinajstić information content (AvgIpc) is 3.00. The fourth-order valence-electron chi connectivity index (χ4n) is 6.16. The first-order valence-electron chi connectivity index (χ1n) is 23.2. The van der Waals surface area contributed by atoms with Crippen molar-refractivity contribution in [1.29, 1.82) is 0 Å². The molecule has 63 heavy (non-hydrogen) atoms. The minimum absolute atomic E-state index is 0. The fraction of sp³-hybridized carbons (Fsp3) is 0.953. The van der Waals surface area contributed by atoms with Crippen molar-refractivity contribution in [3.05, 3.63) is 12.3 Å². The molecule has 0 saturated carbocycles. The summed E-state index contributed by atoms with van der Waals surface area (Å²) in [6, 6.07) is 1.45. The molecule has 0 aromatic rings. The molecule has 0 rings (SSSR count). The smallest absolute Gasteiger partial charge is 0.438 e. The Hall–Kier alpha value is 0.995. The summed E-state index contributed by atoms with van der Waals surface area (Å²) in [5.74, 6) is 0. The highest BCUT2D eigenvalue weighted by molar-refractivity contribution is 6.88. The molecule has 0 amide bonds. The van der Waals surface area contributed by atoms with Crippen LogP contribution in [0, 0.1) is 0 Å². The van der Waals surface area contributed by atoms with Crippen LogP contribution in [0.2, 0.25) is 87.6 Å². The molecule has 0 aliphatic carbocycles. The van der Waals surface area contributed by atoms with Gasteiger partial charge in [-0.25, -0.2) is 0 Å². The van der Waals surface area contributed by atoms with Crippen molar-refractivity contribution in [2.75, 3.05) is 39.6 Å². The third-order valence-electron chi connectivity index (χ3n) is 9.82. The van der Waals surface area contributed by atoms with Gasteiger partial charge >= 0.3 is 43.3 Å². The van der Waals surface area contributed by atoms with Crippen molar-refractivity contribution >= 4 is 69.2 Å². The van der Waals surface area contributed by atoms with Crippen LogP contribution in [0.25, 0.3) is 0 Å². The predicted octanol–water partition coefficient (Wildman–Crippen LogP) is 13.5. The maximum atomic E-state index is 7.04. The van der Waals surface area contributed by atoms with Gasteiger partial charge in [0.05, 0.1) is 11.2 Å². The Kier molecular flexibility index (Phi) is 32.7. The minimum Gasteiger partial charge on any atom is -0.438 e. The maximum Gasteiger partial charge on any atom is 0.528 e.